The van der Waals surface area contributed by atoms with E-state index in [1.54, 1.807) is 0 Å². The van der Waals surface area contributed by atoms with E-state index >= 15 is 0 Å². The Morgan fingerprint density at radius 1 is 1.24 bits per heavy atom. The van der Waals surface area contributed by atoms with Crippen molar-refractivity contribution in [2.75, 3.05) is 6.54 Å². The van der Waals surface area contributed by atoms with Gasteiger partial charge in [-0.15, -0.1) is 0 Å². The zero-order valence-corrected chi connectivity index (χ0v) is 10.7. The van der Waals surface area contributed by atoms with E-state index < -0.39 is 0 Å². The average molecular weight is 249 g/mol. The van der Waals surface area contributed by atoms with Crippen LogP contribution in [0.25, 0.3) is 0 Å². The van der Waals surface area contributed by atoms with Gasteiger partial charge in [0.05, 0.1) is 0 Å². The summed E-state index contributed by atoms with van der Waals surface area (Å²) in [5, 5.41) is 4.14. The van der Waals surface area contributed by atoms with E-state index in [4.69, 9.17) is 11.6 Å². The molecule has 1 aromatic heterocycles. The summed E-state index contributed by atoms with van der Waals surface area (Å²) in [6, 6.07) is 10.1. The van der Waals surface area contributed by atoms with E-state index in [1.165, 1.54) is 5.56 Å². The average Bonchev–Trinajstić information content (AvgIpc) is 2.77. The van der Waals surface area contributed by atoms with E-state index in [9.17, 15) is 0 Å². The summed E-state index contributed by atoms with van der Waals surface area (Å²) in [6.45, 7) is 4.86. The minimum absolute atomic E-state index is 0.825. The molecule has 17 heavy (non-hydrogen) atoms. The maximum Gasteiger partial charge on any atom is 0.0485 e. The second-order valence-electron chi connectivity index (χ2n) is 4.06. The number of hydrogen-bond acceptors (Lipinski definition) is 1. The van der Waals surface area contributed by atoms with E-state index in [1.807, 2.05) is 18.2 Å². The molecule has 0 radical (unpaired) electrons. The van der Waals surface area contributed by atoms with E-state index in [0.29, 0.717) is 0 Å². The zero-order chi connectivity index (χ0) is 12.1. The third-order valence-corrected chi connectivity index (χ3v) is 3.07. The van der Waals surface area contributed by atoms with Gasteiger partial charge in [-0.3, -0.25) is 0 Å². The molecule has 0 unspecified atom stereocenters. The number of nitrogens with zero attached hydrogens (tertiary/aromatic N) is 1. The third kappa shape index (κ3) is 3.35. The molecule has 0 amide bonds. The van der Waals surface area contributed by atoms with Gasteiger partial charge < -0.3 is 9.88 Å². The SMILES string of the molecule is CCNCc1ccn(Cc2ccccc2Cl)c1. The molecule has 0 aliphatic heterocycles. The number of rotatable bonds is 5. The molecule has 0 spiro atoms. The summed E-state index contributed by atoms with van der Waals surface area (Å²) in [7, 11) is 0. The first kappa shape index (κ1) is 12.2. The van der Waals surface area contributed by atoms with Crippen LogP contribution in [0.3, 0.4) is 0 Å². The molecule has 0 bridgehead atoms. The van der Waals surface area contributed by atoms with Crippen LogP contribution in [0.5, 0.6) is 0 Å². The van der Waals surface area contributed by atoms with Gasteiger partial charge in [-0.05, 0) is 29.8 Å². The van der Waals surface area contributed by atoms with Crippen molar-refractivity contribution in [3.05, 3.63) is 58.9 Å². The number of nitrogens with one attached hydrogen (secondary N) is 1. The van der Waals surface area contributed by atoms with Gasteiger partial charge in [0, 0.05) is 30.5 Å². The molecule has 0 saturated carbocycles. The third-order valence-electron chi connectivity index (χ3n) is 2.70. The second kappa shape index (κ2) is 5.89. The fraction of sp³-hybridized carbons (Fsp3) is 0.286. The highest BCUT2D eigenvalue weighted by atomic mass is 35.5. The maximum atomic E-state index is 6.14. The highest BCUT2D eigenvalue weighted by Crippen LogP contribution is 2.16. The molecule has 90 valence electrons. The van der Waals surface area contributed by atoms with Crippen LogP contribution < -0.4 is 5.32 Å². The van der Waals surface area contributed by atoms with Gasteiger partial charge in [0.25, 0.3) is 0 Å². The summed E-state index contributed by atoms with van der Waals surface area (Å²) in [5.41, 5.74) is 2.46. The summed E-state index contributed by atoms with van der Waals surface area (Å²) in [4.78, 5) is 0. The highest BCUT2D eigenvalue weighted by molar-refractivity contribution is 6.31. The smallest absolute Gasteiger partial charge is 0.0485 e. The van der Waals surface area contributed by atoms with Crippen LogP contribution in [0.1, 0.15) is 18.1 Å². The Morgan fingerprint density at radius 2 is 2.06 bits per heavy atom. The fourth-order valence-electron chi connectivity index (χ4n) is 1.79. The molecule has 0 aliphatic carbocycles. The Bertz CT molecular complexity index is 477. The van der Waals surface area contributed by atoms with Crippen LogP contribution in [-0.2, 0) is 13.1 Å². The minimum Gasteiger partial charge on any atom is -0.350 e. The molecular formula is C14H17ClN2. The first-order valence-corrected chi connectivity index (χ1v) is 6.26. The lowest BCUT2D eigenvalue weighted by molar-refractivity contribution is 0.721. The Balaban J connectivity index is 2.04. The summed E-state index contributed by atoms with van der Waals surface area (Å²) in [6.07, 6.45) is 4.25. The molecule has 1 N–H and O–H groups in total. The fourth-order valence-corrected chi connectivity index (χ4v) is 1.98. The van der Waals surface area contributed by atoms with Gasteiger partial charge in [0.1, 0.15) is 0 Å². The maximum absolute atomic E-state index is 6.14. The zero-order valence-electron chi connectivity index (χ0n) is 9.99. The molecule has 2 rings (SSSR count). The minimum atomic E-state index is 0.825. The lowest BCUT2D eigenvalue weighted by Crippen LogP contribution is -2.11. The Hall–Kier alpha value is -1.25. The van der Waals surface area contributed by atoms with Crippen LogP contribution in [0.15, 0.2) is 42.7 Å². The van der Waals surface area contributed by atoms with Crippen LogP contribution in [0.2, 0.25) is 5.02 Å². The first-order valence-electron chi connectivity index (χ1n) is 5.88. The molecular weight excluding hydrogens is 232 g/mol. The molecule has 1 aromatic carbocycles. The van der Waals surface area contributed by atoms with Crippen LogP contribution in [0.4, 0.5) is 0 Å². The molecule has 0 atom stereocenters. The van der Waals surface area contributed by atoms with E-state index in [-0.39, 0.29) is 0 Å². The van der Waals surface area contributed by atoms with Crippen molar-refractivity contribution in [2.45, 2.75) is 20.0 Å². The molecule has 1 heterocycles. The van der Waals surface area contributed by atoms with Gasteiger partial charge in [-0.2, -0.15) is 0 Å². The van der Waals surface area contributed by atoms with Crippen LogP contribution in [-0.4, -0.2) is 11.1 Å². The normalized spacial score (nSPS) is 10.7. The summed E-state index contributed by atoms with van der Waals surface area (Å²) in [5.74, 6) is 0. The molecule has 0 saturated heterocycles. The number of aromatic nitrogens is 1. The Kier molecular flexibility index (Phi) is 4.24. The van der Waals surface area contributed by atoms with Crippen molar-refractivity contribution in [2.24, 2.45) is 0 Å². The monoisotopic (exact) mass is 248 g/mol. The molecule has 2 aromatic rings. The largest absolute Gasteiger partial charge is 0.350 e. The number of halogens is 1. The van der Waals surface area contributed by atoms with Gasteiger partial charge in [0.15, 0.2) is 0 Å². The van der Waals surface area contributed by atoms with Gasteiger partial charge in [0.2, 0.25) is 0 Å². The quantitative estimate of drug-likeness (QED) is 0.859. The van der Waals surface area contributed by atoms with Crippen molar-refractivity contribution < 1.29 is 0 Å². The molecule has 0 fully saturated rings. The van der Waals surface area contributed by atoms with E-state index in [0.717, 1.165) is 30.2 Å². The lowest BCUT2D eigenvalue weighted by Gasteiger charge is -2.05. The predicted octanol–water partition coefficient (Wildman–Crippen LogP) is 3.30. The number of benzene rings is 1. The van der Waals surface area contributed by atoms with Gasteiger partial charge >= 0.3 is 0 Å². The van der Waals surface area contributed by atoms with Gasteiger partial charge in [-0.1, -0.05) is 36.7 Å². The molecule has 0 aliphatic rings. The second-order valence-corrected chi connectivity index (χ2v) is 4.47. The highest BCUT2D eigenvalue weighted by Gasteiger charge is 2.01. The van der Waals surface area contributed by atoms with Gasteiger partial charge in [-0.25, -0.2) is 0 Å². The van der Waals surface area contributed by atoms with Crippen molar-refractivity contribution >= 4 is 11.6 Å². The van der Waals surface area contributed by atoms with Crippen LogP contribution >= 0.6 is 11.6 Å². The summed E-state index contributed by atoms with van der Waals surface area (Å²) >= 11 is 6.14. The topological polar surface area (TPSA) is 17.0 Å². The Morgan fingerprint density at radius 3 is 2.82 bits per heavy atom. The van der Waals surface area contributed by atoms with E-state index in [2.05, 4.69) is 41.3 Å². The first-order chi connectivity index (χ1) is 8.29. The van der Waals surface area contributed by atoms with Crippen molar-refractivity contribution in [3.8, 4) is 0 Å². The predicted molar refractivity (Wildman–Crippen MR) is 72.4 cm³/mol. The number of hydrogen-bond donors (Lipinski definition) is 1. The molecule has 2 nitrogen and oxygen atoms in total. The van der Waals surface area contributed by atoms with Crippen molar-refractivity contribution in [1.29, 1.82) is 0 Å². The lowest BCUT2D eigenvalue weighted by atomic mass is 10.2. The standard InChI is InChI=1S/C14H17ClN2/c1-2-16-9-12-7-8-17(10-12)11-13-5-3-4-6-14(13)15/h3-8,10,16H,2,9,11H2,1H3. The van der Waals surface area contributed by atoms with Crippen LogP contribution in [0, 0.1) is 0 Å². The van der Waals surface area contributed by atoms with Crippen molar-refractivity contribution in [1.82, 2.24) is 9.88 Å². The van der Waals surface area contributed by atoms with Crippen molar-refractivity contribution in [3.63, 3.8) is 0 Å². The molecule has 3 heteroatoms. The Labute approximate surface area is 107 Å². The summed E-state index contributed by atoms with van der Waals surface area (Å²) < 4.78 is 2.16.